The van der Waals surface area contributed by atoms with Crippen LogP contribution in [0.4, 0.5) is 4.39 Å². The van der Waals surface area contributed by atoms with E-state index in [0.717, 1.165) is 24.4 Å². The van der Waals surface area contributed by atoms with E-state index >= 15 is 0 Å². The van der Waals surface area contributed by atoms with Crippen LogP contribution in [0.25, 0.3) is 0 Å². The summed E-state index contributed by atoms with van der Waals surface area (Å²) < 4.78 is 18.8. The molecule has 2 aromatic rings. The van der Waals surface area contributed by atoms with E-state index in [4.69, 9.17) is 16.0 Å². The average Bonchev–Trinajstić information content (AvgIpc) is 2.97. The molecule has 0 unspecified atom stereocenters. The van der Waals surface area contributed by atoms with Crippen LogP contribution < -0.4 is 10.6 Å². The van der Waals surface area contributed by atoms with Gasteiger partial charge in [0.05, 0.1) is 5.69 Å². The van der Waals surface area contributed by atoms with E-state index in [-0.39, 0.29) is 28.0 Å². The lowest BCUT2D eigenvalue weighted by molar-refractivity contribution is 0.0901. The van der Waals surface area contributed by atoms with E-state index < -0.39 is 5.82 Å². The molecular formula is C19H23ClFN3O2. The summed E-state index contributed by atoms with van der Waals surface area (Å²) in [4.78, 5) is 16.6. The first-order chi connectivity index (χ1) is 12.2. The molecule has 1 amide bonds. The Morgan fingerprint density at radius 2 is 2.04 bits per heavy atom. The summed E-state index contributed by atoms with van der Waals surface area (Å²) in [5, 5.41) is 6.52. The van der Waals surface area contributed by atoms with Crippen molar-refractivity contribution in [2.24, 2.45) is 0 Å². The lowest BCUT2D eigenvalue weighted by atomic mass is 9.86. The Bertz CT molecular complexity index is 774. The molecule has 1 aliphatic carbocycles. The minimum atomic E-state index is -0.516. The molecule has 0 saturated heterocycles. The maximum absolute atomic E-state index is 13.3. The highest BCUT2D eigenvalue weighted by Crippen LogP contribution is 2.23. The maximum Gasteiger partial charge on any atom is 0.251 e. The Morgan fingerprint density at radius 3 is 2.65 bits per heavy atom. The van der Waals surface area contributed by atoms with Crippen LogP contribution >= 0.6 is 11.6 Å². The Hall–Kier alpha value is -1.92. The molecule has 1 fully saturated rings. The molecule has 1 aromatic heterocycles. The van der Waals surface area contributed by atoms with Crippen molar-refractivity contribution in [3.63, 3.8) is 0 Å². The molecule has 5 nitrogen and oxygen atoms in total. The van der Waals surface area contributed by atoms with Crippen LogP contribution in [0, 0.1) is 5.82 Å². The number of halogens is 2. The van der Waals surface area contributed by atoms with Gasteiger partial charge in [0.2, 0.25) is 0 Å². The van der Waals surface area contributed by atoms with Gasteiger partial charge in [0.15, 0.2) is 5.89 Å². The summed E-state index contributed by atoms with van der Waals surface area (Å²) in [5.74, 6) is -0.0963. The molecular weight excluding hydrogens is 357 g/mol. The summed E-state index contributed by atoms with van der Waals surface area (Å²) in [7, 11) is 0. The van der Waals surface area contributed by atoms with Crippen molar-refractivity contribution in [2.75, 3.05) is 0 Å². The molecule has 1 heterocycles. The molecule has 0 atom stereocenters. The number of hydrogen-bond donors (Lipinski definition) is 2. The highest BCUT2D eigenvalue weighted by molar-refractivity contribution is 6.31. The fraction of sp³-hybridized carbons (Fsp3) is 0.474. The van der Waals surface area contributed by atoms with E-state index in [1.807, 2.05) is 0 Å². The number of amides is 1. The van der Waals surface area contributed by atoms with Crippen molar-refractivity contribution in [1.29, 1.82) is 0 Å². The number of hydrogen-bond acceptors (Lipinski definition) is 4. The largest absolute Gasteiger partial charge is 0.448 e. The number of aromatic nitrogens is 1. The third-order valence-corrected chi connectivity index (χ3v) is 4.58. The Morgan fingerprint density at radius 1 is 1.31 bits per heavy atom. The highest BCUT2D eigenvalue weighted by atomic mass is 35.5. The van der Waals surface area contributed by atoms with Crippen LogP contribution in [-0.2, 0) is 12.0 Å². The fourth-order valence-electron chi connectivity index (χ4n) is 2.84. The number of rotatable bonds is 5. The highest BCUT2D eigenvalue weighted by Gasteiger charge is 2.30. The summed E-state index contributed by atoms with van der Waals surface area (Å²) in [6, 6.07) is 4.21. The van der Waals surface area contributed by atoms with Gasteiger partial charge in [0, 0.05) is 34.6 Å². The molecule has 0 bridgehead atoms. The summed E-state index contributed by atoms with van der Waals surface area (Å²) in [6.45, 7) is 6.80. The van der Waals surface area contributed by atoms with Gasteiger partial charge in [0.1, 0.15) is 12.1 Å². The van der Waals surface area contributed by atoms with Crippen molar-refractivity contribution in [2.45, 2.75) is 57.7 Å². The van der Waals surface area contributed by atoms with E-state index in [2.05, 4.69) is 36.4 Å². The lowest BCUT2D eigenvalue weighted by Crippen LogP contribution is -2.52. The van der Waals surface area contributed by atoms with Crippen molar-refractivity contribution in [3.05, 3.63) is 52.5 Å². The molecule has 3 rings (SSSR count). The van der Waals surface area contributed by atoms with Crippen molar-refractivity contribution < 1.29 is 13.6 Å². The minimum absolute atomic E-state index is 0.0736. The van der Waals surface area contributed by atoms with Gasteiger partial charge in [0.25, 0.3) is 5.91 Å². The van der Waals surface area contributed by atoms with Crippen LogP contribution in [0.15, 0.2) is 28.9 Å². The molecule has 140 valence electrons. The number of carbonyl (C=O) groups is 1. The number of oxazole rings is 1. The molecule has 2 N–H and O–H groups in total. The summed E-state index contributed by atoms with van der Waals surface area (Å²) in [6.07, 6.45) is 3.32. The first kappa shape index (κ1) is 18.9. The first-order valence-electron chi connectivity index (χ1n) is 8.66. The minimum Gasteiger partial charge on any atom is -0.448 e. The molecule has 26 heavy (non-hydrogen) atoms. The second-order valence-corrected chi connectivity index (χ2v) is 8.21. The molecule has 1 aromatic carbocycles. The zero-order valence-electron chi connectivity index (χ0n) is 15.1. The topological polar surface area (TPSA) is 67.2 Å². The Kier molecular flexibility index (Phi) is 5.34. The van der Waals surface area contributed by atoms with Crippen molar-refractivity contribution >= 4 is 17.5 Å². The number of nitrogens with zero attached hydrogens (tertiary/aromatic N) is 1. The van der Waals surface area contributed by atoms with Gasteiger partial charge < -0.3 is 15.1 Å². The van der Waals surface area contributed by atoms with Crippen LogP contribution in [0.2, 0.25) is 5.02 Å². The SMILES string of the molecule is CC(C)(C)c1nc(CN[C@H]2C[C@H](NC(=O)c3cc(F)cc(Cl)c3)C2)co1. The van der Waals surface area contributed by atoms with Crippen LogP contribution in [0.5, 0.6) is 0 Å². The number of benzene rings is 1. The van der Waals surface area contributed by atoms with Crippen molar-refractivity contribution in [3.8, 4) is 0 Å². The van der Waals surface area contributed by atoms with Gasteiger partial charge in [-0.3, -0.25) is 4.79 Å². The summed E-state index contributed by atoms with van der Waals surface area (Å²) in [5.41, 5.74) is 1.00. The second kappa shape index (κ2) is 7.37. The lowest BCUT2D eigenvalue weighted by Gasteiger charge is -2.36. The van der Waals surface area contributed by atoms with E-state index in [0.29, 0.717) is 12.6 Å². The van der Waals surface area contributed by atoms with E-state index in [1.54, 1.807) is 6.26 Å². The second-order valence-electron chi connectivity index (χ2n) is 7.77. The molecule has 1 saturated carbocycles. The van der Waals surface area contributed by atoms with Gasteiger partial charge in [-0.15, -0.1) is 0 Å². The number of nitrogens with one attached hydrogen (secondary N) is 2. The molecule has 7 heteroatoms. The fourth-order valence-corrected chi connectivity index (χ4v) is 3.06. The standard InChI is InChI=1S/C19H23ClFN3O2/c1-19(2,3)18-24-16(10-26-18)9-22-14-7-15(8-14)23-17(25)11-4-12(20)6-13(21)5-11/h4-6,10,14-15,22H,7-9H2,1-3H3,(H,23,25)/t14-,15-. The quantitative estimate of drug-likeness (QED) is 0.828. The zero-order valence-corrected chi connectivity index (χ0v) is 15.9. The Balaban J connectivity index is 1.43. The van der Waals surface area contributed by atoms with Gasteiger partial charge in [-0.2, -0.15) is 0 Å². The zero-order chi connectivity index (χ0) is 18.9. The molecule has 0 aliphatic heterocycles. The molecule has 0 spiro atoms. The predicted molar refractivity (Wildman–Crippen MR) is 97.7 cm³/mol. The average molecular weight is 380 g/mol. The van der Waals surface area contributed by atoms with Crippen LogP contribution in [0.3, 0.4) is 0 Å². The Labute approximate surface area is 157 Å². The third kappa shape index (κ3) is 4.62. The normalized spacial score (nSPS) is 19.9. The van der Waals surface area contributed by atoms with Crippen LogP contribution in [0.1, 0.15) is 55.6 Å². The third-order valence-electron chi connectivity index (χ3n) is 4.36. The van der Waals surface area contributed by atoms with Crippen molar-refractivity contribution in [1.82, 2.24) is 15.6 Å². The van der Waals surface area contributed by atoms with Crippen LogP contribution in [-0.4, -0.2) is 23.0 Å². The smallest absolute Gasteiger partial charge is 0.251 e. The van der Waals surface area contributed by atoms with Gasteiger partial charge >= 0.3 is 0 Å². The van der Waals surface area contributed by atoms with E-state index in [1.165, 1.54) is 18.2 Å². The molecule has 1 aliphatic rings. The first-order valence-corrected chi connectivity index (χ1v) is 9.04. The predicted octanol–water partition coefficient (Wildman–Crippen LogP) is 3.82. The van der Waals surface area contributed by atoms with Gasteiger partial charge in [-0.05, 0) is 31.0 Å². The molecule has 0 radical (unpaired) electrons. The van der Waals surface area contributed by atoms with Gasteiger partial charge in [-0.25, -0.2) is 9.37 Å². The number of carbonyl (C=O) groups excluding carboxylic acids is 1. The van der Waals surface area contributed by atoms with E-state index in [9.17, 15) is 9.18 Å². The summed E-state index contributed by atoms with van der Waals surface area (Å²) >= 11 is 5.79. The maximum atomic E-state index is 13.3. The van der Waals surface area contributed by atoms with Gasteiger partial charge in [-0.1, -0.05) is 32.4 Å². The monoisotopic (exact) mass is 379 g/mol.